The third-order valence-electron chi connectivity index (χ3n) is 33.1. The van der Waals surface area contributed by atoms with Gasteiger partial charge >= 0.3 is 0 Å². The van der Waals surface area contributed by atoms with Crippen molar-refractivity contribution < 1.29 is 9.47 Å². The molecule has 554 valence electrons. The molecule has 4 spiro atoms. The van der Waals surface area contributed by atoms with Crippen LogP contribution in [0.2, 0.25) is 0 Å². The molecule has 10 aliphatic carbocycles. The van der Waals surface area contributed by atoms with Gasteiger partial charge in [-0.2, -0.15) is 0 Å². The number of hydrogen-bond donors (Lipinski definition) is 0. The molecule has 0 radical (unpaired) electrons. The van der Waals surface area contributed by atoms with Crippen molar-refractivity contribution in [3.8, 4) is 67.5 Å². The van der Waals surface area contributed by atoms with E-state index in [2.05, 4.69) is 331 Å². The largest absolute Gasteiger partial charge is 0.457 e. The number of para-hydroxylation sites is 2. The summed E-state index contributed by atoms with van der Waals surface area (Å²) >= 11 is 0. The van der Waals surface area contributed by atoms with Crippen LogP contribution >= 0.6 is 0 Å². The van der Waals surface area contributed by atoms with Gasteiger partial charge in [0.05, 0.1) is 17.1 Å². The molecule has 0 amide bonds. The van der Waals surface area contributed by atoms with Crippen molar-refractivity contribution in [2.75, 3.05) is 9.80 Å². The molecular formula is C108H100N2O2. The van der Waals surface area contributed by atoms with Gasteiger partial charge in [0, 0.05) is 55.7 Å². The summed E-state index contributed by atoms with van der Waals surface area (Å²) in [5, 5.41) is 0. The maximum absolute atomic E-state index is 7.37. The van der Waals surface area contributed by atoms with Crippen LogP contribution in [0.15, 0.2) is 273 Å². The van der Waals surface area contributed by atoms with Crippen molar-refractivity contribution >= 4 is 34.1 Å². The van der Waals surface area contributed by atoms with Gasteiger partial charge in [-0.05, 0) is 321 Å². The molecule has 24 rings (SSSR count). The topological polar surface area (TPSA) is 24.9 Å². The van der Waals surface area contributed by atoms with Crippen LogP contribution < -0.4 is 19.3 Å². The lowest BCUT2D eigenvalue weighted by molar-refractivity contribution is -0.235. The Morgan fingerprint density at radius 1 is 0.304 bits per heavy atom. The molecule has 4 bridgehead atoms. The molecule has 0 N–H and O–H groups in total. The maximum atomic E-state index is 7.37. The number of nitrogens with zero attached hydrogens (tertiary/aromatic N) is 2. The first-order valence-electron chi connectivity index (χ1n) is 42.7. The molecule has 12 aromatic carbocycles. The summed E-state index contributed by atoms with van der Waals surface area (Å²) in [6.07, 6.45) is 16.6. The highest BCUT2D eigenvalue weighted by molar-refractivity contribution is 5.91. The Bertz CT molecular complexity index is 5910. The summed E-state index contributed by atoms with van der Waals surface area (Å²) < 4.78 is 14.3. The van der Waals surface area contributed by atoms with E-state index in [1.165, 1.54) is 186 Å². The van der Waals surface area contributed by atoms with Gasteiger partial charge in [-0.3, -0.25) is 0 Å². The molecule has 112 heavy (non-hydrogen) atoms. The van der Waals surface area contributed by atoms with Crippen molar-refractivity contribution in [2.24, 2.45) is 58.2 Å². The second-order valence-electron chi connectivity index (χ2n) is 39.4. The highest BCUT2D eigenvalue weighted by Crippen LogP contribution is 2.91. The van der Waals surface area contributed by atoms with E-state index in [0.717, 1.165) is 72.4 Å². The molecule has 8 saturated carbocycles. The molecule has 2 heterocycles. The van der Waals surface area contributed by atoms with Gasteiger partial charge in [0.25, 0.3) is 0 Å². The summed E-state index contributed by atoms with van der Waals surface area (Å²) in [6.45, 7) is 17.5. The minimum Gasteiger partial charge on any atom is -0.457 e. The van der Waals surface area contributed by atoms with Gasteiger partial charge in [-0.15, -0.1) is 0 Å². The molecule has 4 heteroatoms. The zero-order valence-corrected chi connectivity index (χ0v) is 66.0. The maximum Gasteiger partial charge on any atom is 0.131 e. The fraction of sp³-hybridized carbons (Fsp3) is 0.333. The molecular weight excluding hydrogens is 1360 g/mol. The minimum absolute atomic E-state index is 0.00711. The number of benzene rings is 12. The van der Waals surface area contributed by atoms with Crippen molar-refractivity contribution in [1.82, 2.24) is 0 Å². The van der Waals surface area contributed by atoms with Gasteiger partial charge in [0.2, 0.25) is 0 Å². The summed E-state index contributed by atoms with van der Waals surface area (Å²) in [5.41, 5.74) is 31.0. The Kier molecular flexibility index (Phi) is 13.7. The van der Waals surface area contributed by atoms with Crippen LogP contribution in [0.4, 0.5) is 34.1 Å². The Labute approximate surface area is 662 Å². The lowest BCUT2D eigenvalue weighted by Crippen LogP contribution is -2.74. The highest BCUT2D eigenvalue weighted by atomic mass is 16.5. The molecule has 12 aliphatic rings. The van der Waals surface area contributed by atoms with Crippen LogP contribution in [0.25, 0.3) is 44.5 Å². The number of anilines is 6. The van der Waals surface area contributed by atoms with Crippen molar-refractivity contribution in [3.05, 3.63) is 323 Å². The Morgan fingerprint density at radius 2 is 0.714 bits per heavy atom. The Balaban J connectivity index is 0.587. The number of rotatable bonds is 12. The summed E-state index contributed by atoms with van der Waals surface area (Å²) in [7, 11) is 0. The van der Waals surface area contributed by atoms with Gasteiger partial charge in [0.15, 0.2) is 0 Å². The smallest absolute Gasteiger partial charge is 0.131 e. The van der Waals surface area contributed by atoms with Crippen LogP contribution in [0, 0.1) is 58.2 Å². The van der Waals surface area contributed by atoms with Gasteiger partial charge in [-0.1, -0.05) is 230 Å². The third kappa shape index (κ3) is 8.75. The summed E-state index contributed by atoms with van der Waals surface area (Å²) in [5.74, 6) is 10.4. The number of fused-ring (bicyclic) bond motifs is 16. The van der Waals surface area contributed by atoms with Crippen LogP contribution in [0.3, 0.4) is 0 Å². The van der Waals surface area contributed by atoms with E-state index < -0.39 is 0 Å². The first kappa shape index (κ1) is 66.4. The first-order valence-corrected chi connectivity index (χ1v) is 42.7. The fourth-order valence-corrected chi connectivity index (χ4v) is 28.4. The molecule has 4 nitrogen and oxygen atoms in total. The van der Waals surface area contributed by atoms with Crippen LogP contribution in [0.1, 0.15) is 176 Å². The summed E-state index contributed by atoms with van der Waals surface area (Å²) in [6, 6.07) is 105. The van der Waals surface area contributed by atoms with E-state index in [4.69, 9.17) is 9.47 Å². The normalized spacial score (nSPS) is 29.9. The first-order chi connectivity index (χ1) is 54.5. The molecule has 0 saturated heterocycles. The van der Waals surface area contributed by atoms with Crippen molar-refractivity contribution in [3.63, 3.8) is 0 Å². The van der Waals surface area contributed by atoms with E-state index in [9.17, 15) is 0 Å². The third-order valence-corrected chi connectivity index (χ3v) is 33.1. The monoisotopic (exact) mass is 1460 g/mol. The van der Waals surface area contributed by atoms with Gasteiger partial charge in [0.1, 0.15) is 23.0 Å². The van der Waals surface area contributed by atoms with E-state index in [1.54, 1.807) is 0 Å². The average Bonchev–Trinajstić information content (AvgIpc) is 1.37. The zero-order valence-electron chi connectivity index (χ0n) is 66.0. The summed E-state index contributed by atoms with van der Waals surface area (Å²) in [4.78, 5) is 5.18. The van der Waals surface area contributed by atoms with Gasteiger partial charge < -0.3 is 19.3 Å². The van der Waals surface area contributed by atoms with Crippen LogP contribution in [0.5, 0.6) is 23.0 Å². The zero-order chi connectivity index (χ0) is 74.8. The van der Waals surface area contributed by atoms with Crippen LogP contribution in [-0.2, 0) is 38.9 Å². The quantitative estimate of drug-likeness (QED) is 0.122. The second kappa shape index (κ2) is 23.0. The van der Waals surface area contributed by atoms with Crippen LogP contribution in [-0.4, -0.2) is 0 Å². The lowest BCUT2D eigenvalue weighted by atomic mass is 9.26. The predicted molar refractivity (Wildman–Crippen MR) is 457 cm³/mol. The second-order valence-corrected chi connectivity index (χ2v) is 39.4. The molecule has 12 aromatic rings. The molecule has 13 unspecified atom stereocenters. The average molecular weight is 1460 g/mol. The molecule has 2 aliphatic heterocycles. The fourth-order valence-electron chi connectivity index (χ4n) is 28.4. The predicted octanol–water partition coefficient (Wildman–Crippen LogP) is 28.1. The van der Waals surface area contributed by atoms with E-state index in [0.29, 0.717) is 34.5 Å². The number of ether oxygens (including phenoxy) is 2. The van der Waals surface area contributed by atoms with Gasteiger partial charge in [-0.25, -0.2) is 0 Å². The van der Waals surface area contributed by atoms with Crippen molar-refractivity contribution in [2.45, 2.75) is 164 Å². The van der Waals surface area contributed by atoms with E-state index in [-0.39, 0.29) is 32.5 Å². The Morgan fingerprint density at radius 3 is 1.30 bits per heavy atom. The highest BCUT2D eigenvalue weighted by Gasteiger charge is 2.86. The molecule has 8 fully saturated rings. The molecule has 13 atom stereocenters. The van der Waals surface area contributed by atoms with Crippen molar-refractivity contribution in [1.29, 1.82) is 0 Å². The van der Waals surface area contributed by atoms with E-state index >= 15 is 0 Å². The molecule has 0 aromatic heterocycles. The standard InChI is InChI=1S/C108H100N2O2/c1-101(2)50-51-102(3,4)99-83(101)26-18-30-90(99)110(88-28-16-14-24-81(88)73-22-12-9-13-23-73)80-45-37-72(38-46-80)75-40-49-94-87(60-75)108(96-58-68-55-77-62-98(108)106(77,96)65-68)85-56-66(32-47-92(85)112-94)63-104(7)53-52-103(5,6)100-84(104)27-19-29-89(100)109(78-41-33-70(34-42-78)69-20-10-8-11-21-69)79-43-35-71(36-44-79)74-39-48-93-86(59-74)107(82-25-15-17-31-91(82)111-93)95-57-67-54-76-61-97(107)105(76,95)64-67/h8-49,56,59-60,67-68,76-77,95-98H,50-55,57-58,61-65H2,1-7H3. The Hall–Kier alpha value is -10.2. The minimum atomic E-state index is -0.144. The lowest BCUT2D eigenvalue weighted by Gasteiger charge is -2.77. The van der Waals surface area contributed by atoms with E-state index in [1.807, 2.05) is 0 Å². The SMILES string of the molecule is CC1(C)CCC(C)(C)c2c(N(c3ccc(-c4ccc5c(c4)C4(c6cc(CC7(C)CCC(C)(C)c8c(N(c9ccc(-c%10ccccc%10)cc9)c9ccc(-c%10ccc%11c(c%10)C%10(c%12ccccc%12O%11)C%11CC%12CC%13CC%10C%13%11C%12)cc9)cccc87)ccc6O5)C5CC6CC7CC4C75C6)cc3)c3ccccc3-c3ccccc3)cccc21. The number of hydrogen-bond acceptors (Lipinski definition) is 4.